The fraction of sp³-hybridized carbons (Fsp3) is 0.0526. The van der Waals surface area contributed by atoms with Gasteiger partial charge in [-0.3, -0.25) is 28.6 Å². The summed E-state index contributed by atoms with van der Waals surface area (Å²) in [5.74, 6) is -2.25. The van der Waals surface area contributed by atoms with Crippen LogP contribution < -0.4 is 5.32 Å². The summed E-state index contributed by atoms with van der Waals surface area (Å²) in [5.41, 5.74) is -2.22. The highest BCUT2D eigenvalue weighted by Crippen LogP contribution is 2.37. The third kappa shape index (κ3) is 5.77. The molecule has 38 heavy (non-hydrogen) atoms. The van der Waals surface area contributed by atoms with E-state index < -0.39 is 95.1 Å². The van der Waals surface area contributed by atoms with E-state index in [1.54, 1.807) is 0 Å². The minimum Gasteiger partial charge on any atom is -0.465 e. The van der Waals surface area contributed by atoms with Crippen LogP contribution in [-0.2, 0) is 35.1 Å². The quantitative estimate of drug-likeness (QED) is 0.132. The van der Waals surface area contributed by atoms with Gasteiger partial charge in [-0.2, -0.15) is 25.3 Å². The molecule has 0 unspecified atom stereocenters. The zero-order valence-electron chi connectivity index (χ0n) is 18.5. The van der Waals surface area contributed by atoms with Gasteiger partial charge in [0.2, 0.25) is 0 Å². The number of ether oxygens (including phenoxy) is 1. The minimum atomic E-state index is -5.39. The molecule has 0 aliphatic carbocycles. The van der Waals surface area contributed by atoms with Gasteiger partial charge in [0.1, 0.15) is 9.79 Å². The van der Waals surface area contributed by atoms with E-state index in [1.165, 1.54) is 0 Å². The van der Waals surface area contributed by atoms with Gasteiger partial charge in [-0.1, -0.05) is 0 Å². The molecule has 1 amide bonds. The molecule has 0 aliphatic rings. The number of methoxy groups -OCH3 is 1. The molecule has 0 fully saturated rings. The van der Waals surface area contributed by atoms with Crippen molar-refractivity contribution >= 4 is 64.4 Å². The number of anilines is 1. The Kier molecular flexibility index (Phi) is 7.29. The molecule has 0 aromatic heterocycles. The van der Waals surface area contributed by atoms with Crippen LogP contribution in [-0.4, -0.2) is 62.8 Å². The summed E-state index contributed by atoms with van der Waals surface area (Å²) in [6.45, 7) is 0. The van der Waals surface area contributed by atoms with Crippen LogP contribution in [0, 0.1) is 10.1 Å². The van der Waals surface area contributed by atoms with Gasteiger partial charge < -0.3 is 10.1 Å². The molecule has 3 rings (SSSR count). The monoisotopic (exact) mass is 590 g/mol. The summed E-state index contributed by atoms with van der Waals surface area (Å²) in [7, 11) is -14.8. The summed E-state index contributed by atoms with van der Waals surface area (Å²) < 4.78 is 104. The van der Waals surface area contributed by atoms with Crippen molar-refractivity contribution in [3.63, 3.8) is 0 Å². The Hall–Kier alpha value is -4.01. The van der Waals surface area contributed by atoms with Crippen LogP contribution in [0.25, 0.3) is 10.8 Å². The summed E-state index contributed by atoms with van der Waals surface area (Å²) in [6.07, 6.45) is 0. The maximum atomic E-state index is 13.0. The second kappa shape index (κ2) is 9.70. The largest absolute Gasteiger partial charge is 0.465 e. The first-order valence-corrected chi connectivity index (χ1v) is 13.9. The highest BCUT2D eigenvalue weighted by molar-refractivity contribution is 7.87. The summed E-state index contributed by atoms with van der Waals surface area (Å²) in [5, 5.41) is 11.7. The standard InChI is InChI=1S/C19H14N2O14S3/c1-35-19(23)10-4-9(5-11(6-10)21(24)25)18(22)20-14-2-3-15(37(29,30)31)13-7-12(36(26,27)28)8-16(17(13)14)38(32,33)34/h2-8H,1H3,(H,20,22)(H,26,27,28)(H,29,30,31)(H,32,33,34). The number of carbonyl (C=O) groups excluding carboxylic acids is 2. The zero-order valence-corrected chi connectivity index (χ0v) is 21.0. The van der Waals surface area contributed by atoms with Crippen LogP contribution in [0.4, 0.5) is 11.4 Å². The number of benzene rings is 3. The second-order valence-corrected chi connectivity index (χ2v) is 11.6. The Bertz CT molecular complexity index is 1860. The molecule has 3 aromatic rings. The summed E-state index contributed by atoms with van der Waals surface area (Å²) >= 11 is 0. The highest BCUT2D eigenvalue weighted by atomic mass is 32.2. The number of nitro groups is 1. The Morgan fingerprint density at radius 2 is 1.42 bits per heavy atom. The lowest BCUT2D eigenvalue weighted by Crippen LogP contribution is -2.15. The molecule has 0 aliphatic heterocycles. The van der Waals surface area contributed by atoms with Gasteiger partial charge in [0, 0.05) is 28.5 Å². The van der Waals surface area contributed by atoms with E-state index in [2.05, 4.69) is 10.1 Å². The van der Waals surface area contributed by atoms with E-state index in [-0.39, 0.29) is 6.07 Å². The van der Waals surface area contributed by atoms with Crippen LogP contribution >= 0.6 is 0 Å². The molecule has 0 atom stereocenters. The second-order valence-electron chi connectivity index (χ2n) is 7.35. The van der Waals surface area contributed by atoms with Gasteiger partial charge in [0.15, 0.2) is 0 Å². The number of fused-ring (bicyclic) bond motifs is 1. The van der Waals surface area contributed by atoms with E-state index in [4.69, 9.17) is 0 Å². The van der Waals surface area contributed by atoms with Crippen LogP contribution in [0.1, 0.15) is 20.7 Å². The number of nitro benzene ring substituents is 1. The Morgan fingerprint density at radius 1 is 0.842 bits per heavy atom. The molecule has 0 bridgehead atoms. The molecule has 3 aromatic carbocycles. The van der Waals surface area contributed by atoms with Crippen LogP contribution in [0.2, 0.25) is 0 Å². The van der Waals surface area contributed by atoms with E-state index in [0.717, 1.165) is 31.4 Å². The Morgan fingerprint density at radius 3 is 1.92 bits per heavy atom. The number of hydrogen-bond donors (Lipinski definition) is 4. The van der Waals surface area contributed by atoms with Gasteiger partial charge in [0.25, 0.3) is 41.9 Å². The first-order chi connectivity index (χ1) is 17.3. The number of rotatable bonds is 7. The molecule has 0 saturated carbocycles. The highest BCUT2D eigenvalue weighted by Gasteiger charge is 2.27. The van der Waals surface area contributed by atoms with Crippen molar-refractivity contribution in [3.8, 4) is 0 Å². The van der Waals surface area contributed by atoms with Crippen molar-refractivity contribution in [2.24, 2.45) is 0 Å². The van der Waals surface area contributed by atoms with Crippen LogP contribution in [0.3, 0.4) is 0 Å². The lowest BCUT2D eigenvalue weighted by Gasteiger charge is -2.15. The van der Waals surface area contributed by atoms with Crippen LogP contribution in [0.5, 0.6) is 0 Å². The maximum Gasteiger partial charge on any atom is 0.338 e. The smallest absolute Gasteiger partial charge is 0.338 e. The molecule has 202 valence electrons. The Balaban J connectivity index is 2.36. The third-order valence-corrected chi connectivity index (χ3v) is 7.55. The number of esters is 1. The van der Waals surface area contributed by atoms with Crippen molar-refractivity contribution < 1.29 is 58.2 Å². The summed E-state index contributed by atoms with van der Waals surface area (Å²) in [4.78, 5) is 31.6. The predicted molar refractivity (Wildman–Crippen MR) is 126 cm³/mol. The molecule has 0 heterocycles. The van der Waals surface area contributed by atoms with Crippen LogP contribution in [0.15, 0.2) is 57.2 Å². The van der Waals surface area contributed by atoms with Gasteiger partial charge in [0.05, 0.1) is 28.2 Å². The van der Waals surface area contributed by atoms with E-state index >= 15 is 0 Å². The zero-order chi connectivity index (χ0) is 28.8. The third-order valence-electron chi connectivity index (χ3n) is 4.93. The molecular formula is C19H14N2O14S3. The Labute approximate surface area is 213 Å². The first-order valence-electron chi connectivity index (χ1n) is 9.57. The molecule has 0 radical (unpaired) electrons. The molecular weight excluding hydrogens is 576 g/mol. The number of nitrogens with zero attached hydrogens (tertiary/aromatic N) is 1. The van der Waals surface area contributed by atoms with E-state index in [9.17, 15) is 58.6 Å². The van der Waals surface area contributed by atoms with Gasteiger partial charge in [-0.15, -0.1) is 0 Å². The summed E-state index contributed by atoms with van der Waals surface area (Å²) in [6, 6.07) is 4.58. The fourth-order valence-corrected chi connectivity index (χ4v) is 5.39. The number of non-ortho nitro benzene ring substituents is 1. The van der Waals surface area contributed by atoms with E-state index in [0.29, 0.717) is 12.1 Å². The molecule has 0 spiro atoms. The lowest BCUT2D eigenvalue weighted by molar-refractivity contribution is -0.384. The number of carbonyl (C=O) groups is 2. The van der Waals surface area contributed by atoms with Crippen molar-refractivity contribution in [2.75, 3.05) is 12.4 Å². The topological polar surface area (TPSA) is 262 Å². The maximum absolute atomic E-state index is 13.0. The van der Waals surface area contributed by atoms with Crippen molar-refractivity contribution in [1.82, 2.24) is 0 Å². The molecule has 0 saturated heterocycles. The lowest BCUT2D eigenvalue weighted by atomic mass is 10.1. The fourth-order valence-electron chi connectivity index (χ4n) is 3.35. The van der Waals surface area contributed by atoms with Gasteiger partial charge in [-0.05, 0) is 30.3 Å². The van der Waals surface area contributed by atoms with Gasteiger partial charge >= 0.3 is 5.97 Å². The number of nitrogens with one attached hydrogen (secondary N) is 1. The molecule has 4 N–H and O–H groups in total. The molecule has 16 nitrogen and oxygen atoms in total. The predicted octanol–water partition coefficient (Wildman–Crippen LogP) is 1.53. The normalized spacial score (nSPS) is 12.2. The average molecular weight is 591 g/mol. The number of amides is 1. The van der Waals surface area contributed by atoms with Gasteiger partial charge in [-0.25, -0.2) is 4.79 Å². The molecule has 19 heteroatoms. The minimum absolute atomic E-state index is 0.263. The first kappa shape index (κ1) is 28.6. The SMILES string of the molecule is COC(=O)c1cc(C(=O)Nc2ccc(S(=O)(=O)O)c3cc(S(=O)(=O)O)cc(S(=O)(=O)O)c23)cc([N+](=O)[O-])c1. The van der Waals surface area contributed by atoms with E-state index in [1.807, 2.05) is 0 Å². The number of hydrogen-bond acceptors (Lipinski definition) is 11. The van der Waals surface area contributed by atoms with Crippen molar-refractivity contribution in [1.29, 1.82) is 0 Å². The van der Waals surface area contributed by atoms with Crippen molar-refractivity contribution in [3.05, 3.63) is 63.7 Å². The van der Waals surface area contributed by atoms with Crippen molar-refractivity contribution in [2.45, 2.75) is 14.7 Å². The average Bonchev–Trinajstić information content (AvgIpc) is 2.80.